The van der Waals surface area contributed by atoms with Crippen molar-refractivity contribution in [1.82, 2.24) is 0 Å². The summed E-state index contributed by atoms with van der Waals surface area (Å²) in [5, 5.41) is 0. The first-order chi connectivity index (χ1) is 4.35. The second kappa shape index (κ2) is 8.67. The molecule has 0 heterocycles. The van der Waals surface area contributed by atoms with Crippen molar-refractivity contribution in [2.24, 2.45) is 5.92 Å². The zero-order valence-electron chi connectivity index (χ0n) is 6.39. The minimum Gasteiger partial charge on any atom is -0.303 e. The molecule has 1 heteroatoms. The van der Waals surface area contributed by atoms with Crippen molar-refractivity contribution in [3.8, 4) is 0 Å². The van der Waals surface area contributed by atoms with Gasteiger partial charge < -0.3 is 4.79 Å². The number of aldehydes is 1. The molecule has 0 saturated carbocycles. The molecule has 10 heavy (non-hydrogen) atoms. The van der Waals surface area contributed by atoms with Crippen molar-refractivity contribution in [2.45, 2.75) is 47.0 Å². The second-order valence-electron chi connectivity index (χ2n) is 2.45. The molecule has 0 fully saturated rings. The molecule has 0 aromatic rings. The van der Waals surface area contributed by atoms with Gasteiger partial charge in [0.25, 0.3) is 0 Å². The van der Waals surface area contributed by atoms with E-state index in [9.17, 15) is 4.79 Å². The summed E-state index contributed by atoms with van der Waals surface area (Å²) in [5.74, 6) is 0.324. The van der Waals surface area contributed by atoms with Crippen LogP contribution in [-0.2, 0) is 4.79 Å². The smallest absolute Gasteiger partial charge is 0.123 e. The third-order valence-corrected chi connectivity index (χ3v) is 1.65. The molecule has 0 spiro atoms. The molecular formula is C9H20O. The lowest BCUT2D eigenvalue weighted by Crippen LogP contribution is -1.98. The van der Waals surface area contributed by atoms with Crippen LogP contribution < -0.4 is 0 Å². The fourth-order valence-corrected chi connectivity index (χ4v) is 0.835. The Kier molecular flexibility index (Phi) is 10.7. The maximum atomic E-state index is 10.2. The molecule has 0 amide bonds. The highest BCUT2D eigenvalue weighted by molar-refractivity contribution is 5.53. The van der Waals surface area contributed by atoms with Crippen LogP contribution in [0, 0.1) is 5.92 Å². The number of carbonyl (C=O) groups is 1. The molecule has 0 aliphatic carbocycles. The Morgan fingerprint density at radius 3 is 2.30 bits per heavy atom. The zero-order chi connectivity index (χ0) is 7.11. The van der Waals surface area contributed by atoms with Crippen molar-refractivity contribution < 1.29 is 4.79 Å². The average Bonchev–Trinajstić information content (AvgIpc) is 1.91. The molecule has 0 aliphatic rings. The third-order valence-electron chi connectivity index (χ3n) is 1.65. The molecule has 1 atom stereocenters. The predicted octanol–water partition coefficient (Wildman–Crippen LogP) is 3.04. The lowest BCUT2D eigenvalue weighted by molar-refractivity contribution is -0.111. The van der Waals surface area contributed by atoms with Crippen molar-refractivity contribution >= 4 is 6.29 Å². The molecule has 0 aromatic heterocycles. The number of hydrogen-bond acceptors (Lipinski definition) is 1. The van der Waals surface area contributed by atoms with Gasteiger partial charge in [0.2, 0.25) is 0 Å². The Labute approximate surface area is 64.8 Å². The summed E-state index contributed by atoms with van der Waals surface area (Å²) in [6.07, 6.45) is 5.55. The van der Waals surface area contributed by atoms with Crippen molar-refractivity contribution in [2.75, 3.05) is 0 Å². The SMILES string of the molecule is C.CCCCC(C=O)CC. The van der Waals surface area contributed by atoms with E-state index in [1.54, 1.807) is 0 Å². The van der Waals surface area contributed by atoms with Crippen LogP contribution in [0.15, 0.2) is 0 Å². The van der Waals surface area contributed by atoms with E-state index in [2.05, 4.69) is 13.8 Å². The van der Waals surface area contributed by atoms with E-state index in [4.69, 9.17) is 0 Å². The molecule has 0 saturated heterocycles. The van der Waals surface area contributed by atoms with Gasteiger partial charge in [0.05, 0.1) is 0 Å². The first kappa shape index (κ1) is 12.4. The number of unbranched alkanes of at least 4 members (excludes halogenated alkanes) is 1. The highest BCUT2D eigenvalue weighted by atomic mass is 16.1. The summed E-state index contributed by atoms with van der Waals surface area (Å²) in [6, 6.07) is 0. The van der Waals surface area contributed by atoms with Crippen LogP contribution in [0.25, 0.3) is 0 Å². The van der Waals surface area contributed by atoms with Crippen molar-refractivity contribution in [3.63, 3.8) is 0 Å². The molecule has 1 nitrogen and oxygen atoms in total. The van der Waals surface area contributed by atoms with Crippen LogP contribution >= 0.6 is 0 Å². The second-order valence-corrected chi connectivity index (χ2v) is 2.45. The molecule has 0 rings (SSSR count). The normalized spacial score (nSPS) is 11.8. The monoisotopic (exact) mass is 144 g/mol. The Balaban J connectivity index is 0. The molecule has 0 aliphatic heterocycles. The van der Waals surface area contributed by atoms with Crippen LogP contribution in [-0.4, -0.2) is 6.29 Å². The molecular weight excluding hydrogens is 124 g/mol. The summed E-state index contributed by atoms with van der Waals surface area (Å²) in [7, 11) is 0. The fourth-order valence-electron chi connectivity index (χ4n) is 0.835. The van der Waals surface area contributed by atoms with Gasteiger partial charge >= 0.3 is 0 Å². The van der Waals surface area contributed by atoms with Crippen LogP contribution in [0.2, 0.25) is 0 Å². The molecule has 0 bridgehead atoms. The molecule has 0 N–H and O–H groups in total. The number of rotatable bonds is 5. The van der Waals surface area contributed by atoms with Crippen LogP contribution in [0.4, 0.5) is 0 Å². The highest BCUT2D eigenvalue weighted by Gasteiger charge is 2.01. The zero-order valence-corrected chi connectivity index (χ0v) is 6.39. The van der Waals surface area contributed by atoms with E-state index in [0.717, 1.165) is 19.1 Å². The maximum Gasteiger partial charge on any atom is 0.123 e. The first-order valence-corrected chi connectivity index (χ1v) is 3.80. The molecule has 62 valence electrons. The van der Waals surface area contributed by atoms with E-state index in [1.807, 2.05) is 0 Å². The Hall–Kier alpha value is -0.330. The Morgan fingerprint density at radius 1 is 1.40 bits per heavy atom. The van der Waals surface area contributed by atoms with Gasteiger partial charge in [-0.3, -0.25) is 0 Å². The first-order valence-electron chi connectivity index (χ1n) is 3.80. The fraction of sp³-hybridized carbons (Fsp3) is 0.889. The number of hydrogen-bond donors (Lipinski definition) is 0. The third kappa shape index (κ3) is 5.80. The van der Waals surface area contributed by atoms with Gasteiger partial charge in [-0.05, 0) is 12.8 Å². The van der Waals surface area contributed by atoms with E-state index in [1.165, 1.54) is 12.8 Å². The Bertz CT molecular complexity index is 69.1. The van der Waals surface area contributed by atoms with Gasteiger partial charge in [0.1, 0.15) is 6.29 Å². The molecule has 1 unspecified atom stereocenters. The van der Waals surface area contributed by atoms with Gasteiger partial charge in [-0.1, -0.05) is 34.1 Å². The lowest BCUT2D eigenvalue weighted by atomic mass is 10.0. The minimum absolute atomic E-state index is 0. The van der Waals surface area contributed by atoms with Crippen molar-refractivity contribution in [1.29, 1.82) is 0 Å². The van der Waals surface area contributed by atoms with Crippen LogP contribution in [0.1, 0.15) is 47.0 Å². The predicted molar refractivity (Wildman–Crippen MR) is 46.1 cm³/mol. The number of carbonyl (C=O) groups excluding carboxylic acids is 1. The average molecular weight is 144 g/mol. The summed E-state index contributed by atoms with van der Waals surface area (Å²) in [5.41, 5.74) is 0. The van der Waals surface area contributed by atoms with Crippen molar-refractivity contribution in [3.05, 3.63) is 0 Å². The highest BCUT2D eigenvalue weighted by Crippen LogP contribution is 2.08. The van der Waals surface area contributed by atoms with Gasteiger partial charge in [0.15, 0.2) is 0 Å². The Morgan fingerprint density at radius 2 is 2.00 bits per heavy atom. The van der Waals surface area contributed by atoms with Gasteiger partial charge in [0, 0.05) is 5.92 Å². The van der Waals surface area contributed by atoms with E-state index in [-0.39, 0.29) is 7.43 Å². The van der Waals surface area contributed by atoms with E-state index in [0.29, 0.717) is 5.92 Å². The van der Waals surface area contributed by atoms with Crippen LogP contribution in [0.3, 0.4) is 0 Å². The van der Waals surface area contributed by atoms with Crippen LogP contribution in [0.5, 0.6) is 0 Å². The minimum atomic E-state index is 0. The molecule has 0 aromatic carbocycles. The summed E-state index contributed by atoms with van der Waals surface area (Å²) in [4.78, 5) is 10.2. The van der Waals surface area contributed by atoms with E-state index >= 15 is 0 Å². The van der Waals surface area contributed by atoms with Gasteiger partial charge in [-0.15, -0.1) is 0 Å². The summed E-state index contributed by atoms with van der Waals surface area (Å²) < 4.78 is 0. The maximum absolute atomic E-state index is 10.2. The molecule has 0 radical (unpaired) electrons. The largest absolute Gasteiger partial charge is 0.303 e. The summed E-state index contributed by atoms with van der Waals surface area (Å²) in [6.45, 7) is 4.21. The quantitative estimate of drug-likeness (QED) is 0.542. The van der Waals surface area contributed by atoms with Gasteiger partial charge in [-0.2, -0.15) is 0 Å². The lowest BCUT2D eigenvalue weighted by Gasteiger charge is -2.03. The van der Waals surface area contributed by atoms with Gasteiger partial charge in [-0.25, -0.2) is 0 Å². The topological polar surface area (TPSA) is 17.1 Å². The van der Waals surface area contributed by atoms with E-state index < -0.39 is 0 Å². The summed E-state index contributed by atoms with van der Waals surface area (Å²) >= 11 is 0. The standard InChI is InChI=1S/C8H16O.CH4/c1-3-5-6-8(4-2)7-9;/h7-8H,3-6H2,1-2H3;1H4.